The van der Waals surface area contributed by atoms with E-state index in [9.17, 15) is 23.1 Å². The molecule has 2 heterocycles. The number of benzene rings is 1. The van der Waals surface area contributed by atoms with Gasteiger partial charge in [0.1, 0.15) is 6.33 Å². The number of carbonyl (C=O) groups is 1. The minimum atomic E-state index is -4.53. The van der Waals surface area contributed by atoms with Crippen LogP contribution in [0.5, 0.6) is 0 Å². The van der Waals surface area contributed by atoms with Crippen molar-refractivity contribution in [2.75, 3.05) is 6.54 Å². The molecule has 0 radical (unpaired) electrons. The van der Waals surface area contributed by atoms with E-state index < -0.39 is 29.8 Å². The van der Waals surface area contributed by atoms with E-state index in [-0.39, 0.29) is 24.1 Å². The topological polar surface area (TPSA) is 66.3 Å². The molecule has 1 saturated heterocycles. The maximum absolute atomic E-state index is 13.3. The SMILES string of the molecule is O=C(c1cncnc1)N1C[C@@H](O)C[C@@H]1c1ccccc1C(F)(F)F. The van der Waals surface area contributed by atoms with Crippen LogP contribution in [0.4, 0.5) is 13.2 Å². The summed E-state index contributed by atoms with van der Waals surface area (Å²) in [5.74, 6) is -0.505. The number of carbonyl (C=O) groups excluding carboxylic acids is 1. The molecule has 3 rings (SSSR count). The number of halogens is 3. The van der Waals surface area contributed by atoms with Crippen LogP contribution in [0, 0.1) is 0 Å². The first-order valence-electron chi connectivity index (χ1n) is 7.28. The van der Waals surface area contributed by atoms with Crippen molar-refractivity contribution in [2.45, 2.75) is 24.7 Å². The second-order valence-electron chi connectivity index (χ2n) is 5.58. The summed E-state index contributed by atoms with van der Waals surface area (Å²) in [6.45, 7) is -0.0371. The molecule has 1 aromatic heterocycles. The Bertz CT molecular complexity index is 737. The van der Waals surface area contributed by atoms with Crippen molar-refractivity contribution >= 4 is 5.91 Å². The molecule has 24 heavy (non-hydrogen) atoms. The van der Waals surface area contributed by atoms with Crippen molar-refractivity contribution < 1.29 is 23.1 Å². The van der Waals surface area contributed by atoms with Gasteiger partial charge in [0.25, 0.3) is 5.91 Å². The fourth-order valence-electron chi connectivity index (χ4n) is 2.95. The summed E-state index contributed by atoms with van der Waals surface area (Å²) in [4.78, 5) is 21.3. The van der Waals surface area contributed by atoms with E-state index in [4.69, 9.17) is 0 Å². The summed E-state index contributed by atoms with van der Waals surface area (Å²) >= 11 is 0. The number of likely N-dealkylation sites (tertiary alicyclic amines) is 1. The van der Waals surface area contributed by atoms with Crippen LogP contribution in [0.25, 0.3) is 0 Å². The van der Waals surface area contributed by atoms with Crippen LogP contribution in [0.15, 0.2) is 43.0 Å². The van der Waals surface area contributed by atoms with Gasteiger partial charge >= 0.3 is 6.18 Å². The first-order chi connectivity index (χ1) is 11.4. The molecule has 1 aliphatic rings. The van der Waals surface area contributed by atoms with Gasteiger partial charge in [-0.05, 0) is 18.1 Å². The van der Waals surface area contributed by atoms with Crippen molar-refractivity contribution in [2.24, 2.45) is 0 Å². The number of hydrogen-bond acceptors (Lipinski definition) is 4. The Balaban J connectivity index is 1.99. The van der Waals surface area contributed by atoms with E-state index in [2.05, 4.69) is 9.97 Å². The van der Waals surface area contributed by atoms with E-state index in [0.717, 1.165) is 6.07 Å². The number of rotatable bonds is 2. The largest absolute Gasteiger partial charge is 0.416 e. The monoisotopic (exact) mass is 337 g/mol. The molecule has 126 valence electrons. The lowest BCUT2D eigenvalue weighted by molar-refractivity contribution is -0.138. The number of alkyl halides is 3. The summed E-state index contributed by atoms with van der Waals surface area (Å²) in [6, 6.07) is 4.26. The summed E-state index contributed by atoms with van der Waals surface area (Å²) in [5, 5.41) is 9.91. The van der Waals surface area contributed by atoms with Gasteiger partial charge in [-0.1, -0.05) is 18.2 Å². The number of aliphatic hydroxyl groups is 1. The zero-order chi connectivity index (χ0) is 17.3. The van der Waals surface area contributed by atoms with Crippen LogP contribution < -0.4 is 0 Å². The molecule has 1 aromatic carbocycles. The molecule has 0 aliphatic carbocycles. The fourth-order valence-corrected chi connectivity index (χ4v) is 2.95. The molecule has 0 saturated carbocycles. The zero-order valence-electron chi connectivity index (χ0n) is 12.4. The fraction of sp³-hybridized carbons (Fsp3) is 0.312. The van der Waals surface area contributed by atoms with Gasteiger partial charge in [0.2, 0.25) is 0 Å². The van der Waals surface area contributed by atoms with Crippen molar-refractivity contribution in [1.82, 2.24) is 14.9 Å². The molecule has 5 nitrogen and oxygen atoms in total. The Morgan fingerprint density at radius 3 is 2.54 bits per heavy atom. The average Bonchev–Trinajstić information content (AvgIpc) is 2.96. The Morgan fingerprint density at radius 1 is 1.21 bits per heavy atom. The predicted octanol–water partition coefficient (Wildman–Crippen LogP) is 2.44. The van der Waals surface area contributed by atoms with E-state index in [1.165, 1.54) is 41.8 Å². The Morgan fingerprint density at radius 2 is 1.88 bits per heavy atom. The molecule has 1 amide bonds. The lowest BCUT2D eigenvalue weighted by Crippen LogP contribution is -2.32. The third-order valence-electron chi connectivity index (χ3n) is 3.97. The van der Waals surface area contributed by atoms with Gasteiger partial charge in [-0.2, -0.15) is 13.2 Å². The van der Waals surface area contributed by atoms with Crippen LogP contribution in [-0.2, 0) is 6.18 Å². The normalized spacial score (nSPS) is 21.1. The van der Waals surface area contributed by atoms with Crippen molar-refractivity contribution in [1.29, 1.82) is 0 Å². The van der Waals surface area contributed by atoms with E-state index in [1.54, 1.807) is 0 Å². The molecule has 8 heteroatoms. The molecule has 0 unspecified atom stereocenters. The lowest BCUT2D eigenvalue weighted by Gasteiger charge is -2.27. The van der Waals surface area contributed by atoms with E-state index >= 15 is 0 Å². The molecule has 1 N–H and O–H groups in total. The van der Waals surface area contributed by atoms with Crippen LogP contribution >= 0.6 is 0 Å². The molecule has 1 aliphatic heterocycles. The number of nitrogens with zero attached hydrogens (tertiary/aromatic N) is 3. The second-order valence-corrected chi connectivity index (χ2v) is 5.58. The molecule has 1 fully saturated rings. The second kappa shape index (κ2) is 6.20. The van der Waals surface area contributed by atoms with Crippen molar-refractivity contribution in [3.8, 4) is 0 Å². The summed E-state index contributed by atoms with van der Waals surface area (Å²) in [5.41, 5.74) is -0.654. The highest BCUT2D eigenvalue weighted by Crippen LogP contribution is 2.40. The van der Waals surface area contributed by atoms with Crippen molar-refractivity contribution in [3.63, 3.8) is 0 Å². The van der Waals surface area contributed by atoms with Crippen LogP contribution in [0.3, 0.4) is 0 Å². The molecule has 2 aromatic rings. The lowest BCUT2D eigenvalue weighted by atomic mass is 9.97. The van der Waals surface area contributed by atoms with Gasteiger partial charge in [0.15, 0.2) is 0 Å². The highest BCUT2D eigenvalue weighted by atomic mass is 19.4. The van der Waals surface area contributed by atoms with E-state index in [1.807, 2.05) is 0 Å². The van der Waals surface area contributed by atoms with Gasteiger partial charge in [-0.15, -0.1) is 0 Å². The Kier molecular flexibility index (Phi) is 4.23. The van der Waals surface area contributed by atoms with Crippen LogP contribution in [0.1, 0.15) is 33.9 Å². The smallest absolute Gasteiger partial charge is 0.391 e. The third-order valence-corrected chi connectivity index (χ3v) is 3.97. The maximum Gasteiger partial charge on any atom is 0.416 e. The van der Waals surface area contributed by atoms with Gasteiger partial charge in [0.05, 0.1) is 23.3 Å². The van der Waals surface area contributed by atoms with Gasteiger partial charge in [-0.25, -0.2) is 9.97 Å². The third kappa shape index (κ3) is 3.09. The molecular weight excluding hydrogens is 323 g/mol. The molecule has 0 bridgehead atoms. The quantitative estimate of drug-likeness (QED) is 0.914. The summed E-state index contributed by atoms with van der Waals surface area (Å²) in [7, 11) is 0. The number of β-amino-alcohol motifs (C(OH)–C–C–N with tert-alkyl or cyclic N) is 1. The predicted molar refractivity (Wildman–Crippen MR) is 77.9 cm³/mol. The molecule has 0 spiro atoms. The summed E-state index contributed by atoms with van der Waals surface area (Å²) in [6.07, 6.45) is -1.52. The van der Waals surface area contributed by atoms with Gasteiger partial charge < -0.3 is 10.0 Å². The number of aliphatic hydroxyl groups excluding tert-OH is 1. The number of hydrogen-bond donors (Lipinski definition) is 1. The van der Waals surface area contributed by atoms with Crippen LogP contribution in [-0.4, -0.2) is 38.5 Å². The average molecular weight is 337 g/mol. The zero-order valence-corrected chi connectivity index (χ0v) is 12.4. The van der Waals surface area contributed by atoms with Gasteiger partial charge in [-0.3, -0.25) is 4.79 Å². The minimum Gasteiger partial charge on any atom is -0.391 e. The van der Waals surface area contributed by atoms with Crippen LogP contribution in [0.2, 0.25) is 0 Å². The molecule has 2 atom stereocenters. The number of aromatic nitrogens is 2. The standard InChI is InChI=1S/C16H14F3N3O2/c17-16(18,19)13-4-2-1-3-12(13)14-5-11(23)8-22(14)15(24)10-6-20-9-21-7-10/h1-4,6-7,9,11,14,23H,5,8H2/t11-,14+/m0/s1. The first-order valence-corrected chi connectivity index (χ1v) is 7.28. The minimum absolute atomic E-state index is 0.0215. The van der Waals surface area contributed by atoms with E-state index in [0.29, 0.717) is 0 Å². The number of amides is 1. The summed E-state index contributed by atoms with van der Waals surface area (Å²) < 4.78 is 39.8. The van der Waals surface area contributed by atoms with Crippen molar-refractivity contribution in [3.05, 3.63) is 59.7 Å². The first kappa shape index (κ1) is 16.4. The highest BCUT2D eigenvalue weighted by molar-refractivity contribution is 5.94. The Labute approximate surface area is 135 Å². The Hall–Kier alpha value is -2.48. The maximum atomic E-state index is 13.3. The van der Waals surface area contributed by atoms with Gasteiger partial charge in [0, 0.05) is 18.9 Å². The highest BCUT2D eigenvalue weighted by Gasteiger charge is 2.41. The molecular formula is C16H14F3N3O2.